The number of benzene rings is 1. The highest BCUT2D eigenvalue weighted by Crippen LogP contribution is 2.36. The largest absolute Gasteiger partial charge is 0.475 e. The molecule has 0 aliphatic heterocycles. The fraction of sp³-hybridized carbons (Fsp3) is 0.481. The topological polar surface area (TPSA) is 104 Å². The summed E-state index contributed by atoms with van der Waals surface area (Å²) in [5, 5.41) is 3.89. The van der Waals surface area contributed by atoms with Gasteiger partial charge in [-0.15, -0.1) is 0 Å². The lowest BCUT2D eigenvalue weighted by Crippen LogP contribution is -2.21. The molecule has 0 radical (unpaired) electrons. The van der Waals surface area contributed by atoms with Crippen molar-refractivity contribution in [1.82, 2.24) is 10.1 Å². The number of hydrogen-bond donors (Lipinski definition) is 1. The zero-order valence-corrected chi connectivity index (χ0v) is 22.4. The first-order chi connectivity index (χ1) is 17.1. The van der Waals surface area contributed by atoms with Gasteiger partial charge in [0, 0.05) is 30.9 Å². The monoisotopic (exact) mass is 513 g/mol. The summed E-state index contributed by atoms with van der Waals surface area (Å²) in [7, 11) is -2.15. The molecule has 1 N–H and O–H groups in total. The van der Waals surface area contributed by atoms with E-state index in [4.69, 9.17) is 14.0 Å². The van der Waals surface area contributed by atoms with E-state index in [0.717, 1.165) is 30.4 Å². The first kappa shape index (κ1) is 26.2. The summed E-state index contributed by atoms with van der Waals surface area (Å²) in [6.07, 6.45) is 4.64. The summed E-state index contributed by atoms with van der Waals surface area (Å²) < 4.78 is 44.6. The summed E-state index contributed by atoms with van der Waals surface area (Å²) in [5.74, 6) is 2.05. The van der Waals surface area contributed by atoms with Crippen molar-refractivity contribution in [2.24, 2.45) is 5.92 Å². The van der Waals surface area contributed by atoms with Crippen molar-refractivity contribution in [2.45, 2.75) is 63.2 Å². The summed E-state index contributed by atoms with van der Waals surface area (Å²) in [6, 6.07) is 11.0. The van der Waals surface area contributed by atoms with Crippen LogP contribution in [0.4, 0.5) is 5.82 Å². The van der Waals surface area contributed by atoms with Crippen LogP contribution in [0.1, 0.15) is 62.5 Å². The van der Waals surface area contributed by atoms with Crippen LogP contribution in [0.15, 0.2) is 52.0 Å². The highest BCUT2D eigenvalue weighted by molar-refractivity contribution is 7.92. The molecule has 4 rings (SSSR count). The molecule has 1 unspecified atom stereocenters. The Labute approximate surface area is 213 Å². The lowest BCUT2D eigenvalue weighted by Gasteiger charge is -2.30. The van der Waals surface area contributed by atoms with Crippen molar-refractivity contribution >= 4 is 15.8 Å². The van der Waals surface area contributed by atoms with Crippen LogP contribution < -0.4 is 9.46 Å². The lowest BCUT2D eigenvalue weighted by molar-refractivity contribution is 0.143. The van der Waals surface area contributed by atoms with Crippen LogP contribution >= 0.6 is 0 Å². The molecule has 0 saturated carbocycles. The molecule has 1 aliphatic carbocycles. The van der Waals surface area contributed by atoms with Gasteiger partial charge in [0.15, 0.2) is 5.82 Å². The highest BCUT2D eigenvalue weighted by Gasteiger charge is 2.27. The number of aromatic nitrogens is 2. The van der Waals surface area contributed by atoms with E-state index >= 15 is 0 Å². The Kier molecular flexibility index (Phi) is 7.70. The third-order valence-corrected chi connectivity index (χ3v) is 8.12. The van der Waals surface area contributed by atoms with E-state index < -0.39 is 10.0 Å². The second-order valence-electron chi connectivity index (χ2n) is 10.4. The van der Waals surface area contributed by atoms with E-state index in [2.05, 4.69) is 27.9 Å². The van der Waals surface area contributed by atoms with Crippen LogP contribution in [0.3, 0.4) is 0 Å². The molecule has 9 heteroatoms. The summed E-state index contributed by atoms with van der Waals surface area (Å²) in [6.45, 7) is 9.13. The first-order valence-electron chi connectivity index (χ1n) is 12.3. The SMILES string of the molecule is COCCOc1ccc([C@@H](C)C2CCc3ccc(S(=O)(=O)Nc4cc(C(C)(C)C)on4)cc3C2)cn1. The molecule has 8 nitrogen and oxygen atoms in total. The van der Waals surface area contributed by atoms with Gasteiger partial charge in [-0.05, 0) is 59.9 Å². The van der Waals surface area contributed by atoms with E-state index in [1.807, 2.05) is 39.1 Å². The quantitative estimate of drug-likeness (QED) is 0.397. The van der Waals surface area contributed by atoms with E-state index in [0.29, 0.717) is 30.8 Å². The van der Waals surface area contributed by atoms with Crippen molar-refractivity contribution in [3.05, 3.63) is 65.0 Å². The Morgan fingerprint density at radius 3 is 2.61 bits per heavy atom. The maximum absolute atomic E-state index is 13.1. The molecule has 0 amide bonds. The number of fused-ring (bicyclic) bond motifs is 1. The van der Waals surface area contributed by atoms with Gasteiger partial charge in [0.05, 0.1) is 11.5 Å². The van der Waals surface area contributed by atoms with Gasteiger partial charge in [-0.1, -0.05) is 45.0 Å². The number of anilines is 1. The molecule has 2 aromatic heterocycles. The molecule has 0 spiro atoms. The van der Waals surface area contributed by atoms with Crippen LogP contribution in [0.2, 0.25) is 0 Å². The molecular formula is C27H35N3O5S. The van der Waals surface area contributed by atoms with E-state index in [9.17, 15) is 8.42 Å². The molecule has 1 aliphatic rings. The van der Waals surface area contributed by atoms with Crippen molar-refractivity contribution in [2.75, 3.05) is 25.0 Å². The number of ether oxygens (including phenoxy) is 2. The molecule has 2 heterocycles. The Morgan fingerprint density at radius 1 is 1.14 bits per heavy atom. The Morgan fingerprint density at radius 2 is 1.94 bits per heavy atom. The molecule has 0 saturated heterocycles. The van der Waals surface area contributed by atoms with Gasteiger partial charge in [0.2, 0.25) is 5.88 Å². The predicted octanol–water partition coefficient (Wildman–Crippen LogP) is 5.10. The third kappa shape index (κ3) is 6.07. The zero-order chi connectivity index (χ0) is 25.9. The van der Waals surface area contributed by atoms with Gasteiger partial charge < -0.3 is 14.0 Å². The number of aryl methyl sites for hydroxylation is 1. The fourth-order valence-corrected chi connectivity index (χ4v) is 5.51. The third-order valence-electron chi connectivity index (χ3n) is 6.77. The average molecular weight is 514 g/mol. The van der Waals surface area contributed by atoms with Crippen LogP contribution in [-0.2, 0) is 33.0 Å². The molecule has 1 aromatic carbocycles. The molecule has 0 fully saturated rings. The smallest absolute Gasteiger partial charge is 0.263 e. The van der Waals surface area contributed by atoms with Crippen molar-refractivity contribution in [3.8, 4) is 5.88 Å². The highest BCUT2D eigenvalue weighted by atomic mass is 32.2. The number of nitrogens with one attached hydrogen (secondary N) is 1. The summed E-state index contributed by atoms with van der Waals surface area (Å²) in [4.78, 5) is 4.67. The lowest BCUT2D eigenvalue weighted by atomic mass is 9.75. The van der Waals surface area contributed by atoms with E-state index in [1.54, 1.807) is 25.3 Å². The number of sulfonamides is 1. The fourth-order valence-electron chi connectivity index (χ4n) is 4.48. The number of rotatable bonds is 9. The molecule has 0 bridgehead atoms. The Hall–Kier alpha value is -2.91. The maximum atomic E-state index is 13.1. The van der Waals surface area contributed by atoms with Gasteiger partial charge in [-0.3, -0.25) is 4.72 Å². The number of pyridine rings is 1. The number of hydrogen-bond acceptors (Lipinski definition) is 7. The normalized spacial score (nSPS) is 16.9. The maximum Gasteiger partial charge on any atom is 0.263 e. The minimum absolute atomic E-state index is 0.186. The second kappa shape index (κ2) is 10.6. The van der Waals surface area contributed by atoms with Crippen molar-refractivity contribution in [3.63, 3.8) is 0 Å². The number of nitrogens with zero attached hydrogens (tertiary/aromatic N) is 2. The van der Waals surface area contributed by atoms with Gasteiger partial charge >= 0.3 is 0 Å². The van der Waals surface area contributed by atoms with Crippen molar-refractivity contribution in [1.29, 1.82) is 0 Å². The minimum Gasteiger partial charge on any atom is -0.475 e. The standard InChI is InChI=1S/C27H35N3O5S/c1-18(21-9-11-26(28-17-21)34-13-12-33-5)20-7-6-19-8-10-23(15-22(19)14-20)36(31,32)30-25-16-24(35-29-25)27(2,3)4/h8-11,15-18,20H,6-7,12-14H2,1-5H3,(H,29,30)/t18-,20?/m0/s1. The summed E-state index contributed by atoms with van der Waals surface area (Å²) >= 11 is 0. The van der Waals surface area contributed by atoms with Gasteiger partial charge in [0.1, 0.15) is 12.4 Å². The molecule has 36 heavy (non-hydrogen) atoms. The first-order valence-corrected chi connectivity index (χ1v) is 13.7. The van der Waals surface area contributed by atoms with Gasteiger partial charge in [-0.2, -0.15) is 0 Å². The Balaban J connectivity index is 1.46. The molecule has 2 atom stereocenters. The van der Waals surface area contributed by atoms with Crippen LogP contribution in [0, 0.1) is 5.92 Å². The Bertz CT molecular complexity index is 1280. The predicted molar refractivity (Wildman–Crippen MR) is 138 cm³/mol. The minimum atomic E-state index is -3.79. The van der Waals surface area contributed by atoms with E-state index in [1.165, 1.54) is 5.56 Å². The average Bonchev–Trinajstić information content (AvgIpc) is 3.32. The van der Waals surface area contributed by atoms with Gasteiger partial charge in [-0.25, -0.2) is 13.4 Å². The summed E-state index contributed by atoms with van der Waals surface area (Å²) in [5.41, 5.74) is 3.16. The van der Waals surface area contributed by atoms with Crippen molar-refractivity contribution < 1.29 is 22.4 Å². The second-order valence-corrected chi connectivity index (χ2v) is 12.1. The van der Waals surface area contributed by atoms with Crippen LogP contribution in [-0.4, -0.2) is 38.9 Å². The molecule has 3 aromatic rings. The zero-order valence-electron chi connectivity index (χ0n) is 21.6. The van der Waals surface area contributed by atoms with Gasteiger partial charge in [0.25, 0.3) is 10.0 Å². The molecule has 194 valence electrons. The molecular weight excluding hydrogens is 478 g/mol. The van der Waals surface area contributed by atoms with E-state index in [-0.39, 0.29) is 22.0 Å². The number of methoxy groups -OCH3 is 1. The van der Waals surface area contributed by atoms with Crippen LogP contribution in [0.25, 0.3) is 0 Å². The van der Waals surface area contributed by atoms with Crippen LogP contribution in [0.5, 0.6) is 5.88 Å².